The zero-order valence-corrected chi connectivity index (χ0v) is 13.3. The molecule has 5 nitrogen and oxygen atoms in total. The summed E-state index contributed by atoms with van der Waals surface area (Å²) in [5.41, 5.74) is 3.61. The molecule has 0 aliphatic carbocycles. The Hall–Kier alpha value is -2.34. The van der Waals surface area contributed by atoms with E-state index in [0.29, 0.717) is 12.2 Å². The van der Waals surface area contributed by atoms with Crippen molar-refractivity contribution in [3.05, 3.63) is 64.6 Å². The number of urea groups is 1. The number of nitroso groups, excluding NO2 is 1. The number of amides is 2. The quantitative estimate of drug-likeness (QED) is 0.648. The van der Waals surface area contributed by atoms with Crippen LogP contribution < -0.4 is 9.62 Å². The van der Waals surface area contributed by atoms with E-state index >= 15 is 0 Å². The first-order chi connectivity index (χ1) is 10.6. The molecule has 2 aromatic rings. The van der Waals surface area contributed by atoms with Crippen LogP contribution in [0.5, 0.6) is 0 Å². The number of carbonyl (C=O) groups is 1. The molecule has 0 spiro atoms. The third-order valence-electron chi connectivity index (χ3n) is 3.13. The fourth-order valence-corrected chi connectivity index (χ4v) is 2.51. The SMILES string of the molecule is CSNc1ccc(N(Cc2cccc(C)c2)C(=O)N=O)cc1. The maximum Gasteiger partial charge on any atom is 0.385 e. The molecule has 2 aromatic carbocycles. The Morgan fingerprint density at radius 1 is 1.23 bits per heavy atom. The molecule has 0 fully saturated rings. The molecule has 22 heavy (non-hydrogen) atoms. The second-order valence-electron chi connectivity index (χ2n) is 4.80. The van der Waals surface area contributed by atoms with Crippen molar-refractivity contribution in [1.82, 2.24) is 0 Å². The second-order valence-corrected chi connectivity index (χ2v) is 5.41. The Bertz CT molecular complexity index is 659. The lowest BCUT2D eigenvalue weighted by Crippen LogP contribution is -2.27. The highest BCUT2D eigenvalue weighted by molar-refractivity contribution is 7.99. The number of nitrogens with one attached hydrogen (secondary N) is 1. The number of aryl methyl sites for hydroxylation is 1. The zero-order chi connectivity index (χ0) is 15.9. The molecule has 1 N–H and O–H groups in total. The minimum Gasteiger partial charge on any atom is -0.330 e. The van der Waals surface area contributed by atoms with Crippen LogP contribution in [0.4, 0.5) is 16.2 Å². The maximum atomic E-state index is 11.8. The summed E-state index contributed by atoms with van der Waals surface area (Å²) in [6.45, 7) is 2.29. The van der Waals surface area contributed by atoms with E-state index < -0.39 is 6.03 Å². The highest BCUT2D eigenvalue weighted by Gasteiger charge is 2.16. The largest absolute Gasteiger partial charge is 0.385 e. The minimum atomic E-state index is -0.799. The molecule has 0 aromatic heterocycles. The van der Waals surface area contributed by atoms with Gasteiger partial charge in [0, 0.05) is 22.8 Å². The Kier molecular flexibility index (Phi) is 5.55. The number of carbonyl (C=O) groups excluding carboxylic acids is 1. The molecule has 0 aliphatic heterocycles. The van der Waals surface area contributed by atoms with Gasteiger partial charge in [-0.1, -0.05) is 41.8 Å². The molecule has 0 saturated carbocycles. The van der Waals surface area contributed by atoms with E-state index in [1.54, 1.807) is 12.1 Å². The van der Waals surface area contributed by atoms with Gasteiger partial charge in [-0.2, -0.15) is 0 Å². The third kappa shape index (κ3) is 4.08. The summed E-state index contributed by atoms with van der Waals surface area (Å²) in [6, 6.07) is 14.3. The van der Waals surface area contributed by atoms with Crippen molar-refractivity contribution in [2.45, 2.75) is 13.5 Å². The average molecular weight is 315 g/mol. The first kappa shape index (κ1) is 16.0. The fourth-order valence-electron chi connectivity index (χ4n) is 2.14. The smallest absolute Gasteiger partial charge is 0.330 e. The van der Waals surface area contributed by atoms with E-state index in [4.69, 9.17) is 0 Å². The lowest BCUT2D eigenvalue weighted by molar-refractivity contribution is 0.253. The molecule has 2 amide bonds. The Morgan fingerprint density at radius 2 is 1.95 bits per heavy atom. The molecular weight excluding hydrogens is 298 g/mol. The number of rotatable bonds is 5. The van der Waals surface area contributed by atoms with Crippen LogP contribution in [0.15, 0.2) is 53.7 Å². The number of nitrogens with zero attached hydrogens (tertiary/aromatic N) is 2. The number of benzene rings is 2. The molecular formula is C16H17N3O2S. The van der Waals surface area contributed by atoms with Crippen molar-refractivity contribution in [3.63, 3.8) is 0 Å². The van der Waals surface area contributed by atoms with Gasteiger partial charge in [-0.3, -0.25) is 4.90 Å². The molecule has 0 saturated heterocycles. The van der Waals surface area contributed by atoms with E-state index in [1.807, 2.05) is 49.6 Å². The van der Waals surface area contributed by atoms with Crippen LogP contribution in [0.1, 0.15) is 11.1 Å². The van der Waals surface area contributed by atoms with Crippen molar-refractivity contribution in [2.75, 3.05) is 15.9 Å². The molecule has 0 atom stereocenters. The second kappa shape index (κ2) is 7.61. The van der Waals surface area contributed by atoms with Gasteiger partial charge in [-0.25, -0.2) is 4.79 Å². The summed E-state index contributed by atoms with van der Waals surface area (Å²) in [5.74, 6) is 0. The zero-order valence-electron chi connectivity index (χ0n) is 12.4. The molecule has 0 bridgehead atoms. The first-order valence-electron chi connectivity index (χ1n) is 6.73. The van der Waals surface area contributed by atoms with Gasteiger partial charge >= 0.3 is 6.03 Å². The van der Waals surface area contributed by atoms with Gasteiger partial charge in [0.1, 0.15) is 0 Å². The summed E-state index contributed by atoms with van der Waals surface area (Å²) in [4.78, 5) is 23.9. The van der Waals surface area contributed by atoms with Crippen molar-refractivity contribution >= 4 is 29.4 Å². The van der Waals surface area contributed by atoms with Crippen molar-refractivity contribution < 1.29 is 4.79 Å². The lowest BCUT2D eigenvalue weighted by Gasteiger charge is -2.20. The predicted molar refractivity (Wildman–Crippen MR) is 92.1 cm³/mol. The molecule has 6 heteroatoms. The van der Waals surface area contributed by atoms with Crippen molar-refractivity contribution in [2.24, 2.45) is 5.18 Å². The summed E-state index contributed by atoms with van der Waals surface area (Å²) >= 11 is 1.48. The van der Waals surface area contributed by atoms with Crippen molar-refractivity contribution in [1.29, 1.82) is 0 Å². The van der Waals surface area contributed by atoms with Gasteiger partial charge in [0.2, 0.25) is 0 Å². The normalized spacial score (nSPS) is 10.1. The molecule has 114 valence electrons. The summed E-state index contributed by atoms with van der Waals surface area (Å²) in [5, 5.41) is 2.56. The van der Waals surface area contributed by atoms with E-state index in [9.17, 15) is 9.70 Å². The van der Waals surface area contributed by atoms with Gasteiger partial charge in [-0.15, -0.1) is 4.91 Å². The third-order valence-corrected chi connectivity index (χ3v) is 3.57. The average Bonchev–Trinajstić information content (AvgIpc) is 2.53. The number of anilines is 2. The van der Waals surface area contributed by atoms with Gasteiger partial charge < -0.3 is 4.72 Å². The van der Waals surface area contributed by atoms with E-state index in [2.05, 4.69) is 9.90 Å². The standard InChI is InChI=1S/C16H17N3O2S/c1-12-4-3-5-13(10-12)11-19(16(20)17-21)15-8-6-14(7-9-15)18-22-2/h3-10,18H,11H2,1-2H3. The van der Waals surface area contributed by atoms with Crippen LogP contribution in [0.25, 0.3) is 0 Å². The van der Waals surface area contributed by atoms with Crippen LogP contribution in [-0.4, -0.2) is 12.3 Å². The number of hydrogen-bond donors (Lipinski definition) is 1. The summed E-state index contributed by atoms with van der Waals surface area (Å²) in [6.07, 6.45) is 1.93. The monoisotopic (exact) mass is 315 g/mol. The van der Waals surface area contributed by atoms with Crippen LogP contribution in [0, 0.1) is 11.8 Å². The van der Waals surface area contributed by atoms with E-state index in [1.165, 1.54) is 16.8 Å². The van der Waals surface area contributed by atoms with Gasteiger partial charge in [0.25, 0.3) is 0 Å². The minimum absolute atomic E-state index is 0.307. The fraction of sp³-hybridized carbons (Fsp3) is 0.188. The molecule has 0 unspecified atom stereocenters. The van der Waals surface area contributed by atoms with Crippen molar-refractivity contribution in [3.8, 4) is 0 Å². The van der Waals surface area contributed by atoms with E-state index in [-0.39, 0.29) is 0 Å². The van der Waals surface area contributed by atoms with Crippen LogP contribution in [0.2, 0.25) is 0 Å². The predicted octanol–water partition coefficient (Wildman–Crippen LogP) is 4.58. The highest BCUT2D eigenvalue weighted by Crippen LogP contribution is 2.22. The summed E-state index contributed by atoms with van der Waals surface area (Å²) in [7, 11) is 0. The lowest BCUT2D eigenvalue weighted by atomic mass is 10.1. The summed E-state index contributed by atoms with van der Waals surface area (Å²) < 4.78 is 3.10. The molecule has 2 rings (SSSR count). The molecule has 0 radical (unpaired) electrons. The molecule has 0 aliphatic rings. The van der Waals surface area contributed by atoms with E-state index in [0.717, 1.165) is 16.8 Å². The van der Waals surface area contributed by atoms with Crippen LogP contribution >= 0.6 is 11.9 Å². The van der Waals surface area contributed by atoms with Gasteiger partial charge in [-0.05, 0) is 36.8 Å². The maximum absolute atomic E-state index is 11.8. The Labute approximate surface area is 133 Å². The highest BCUT2D eigenvalue weighted by atomic mass is 32.2. The first-order valence-corrected chi connectivity index (χ1v) is 7.96. The van der Waals surface area contributed by atoms with Crippen LogP contribution in [0.3, 0.4) is 0 Å². The van der Waals surface area contributed by atoms with Gasteiger partial charge in [0.15, 0.2) is 0 Å². The Morgan fingerprint density at radius 3 is 2.55 bits per heavy atom. The van der Waals surface area contributed by atoms with Gasteiger partial charge in [0.05, 0.1) is 6.54 Å². The Balaban J connectivity index is 2.26. The molecule has 0 heterocycles. The number of hydrogen-bond acceptors (Lipinski definition) is 4. The van der Waals surface area contributed by atoms with Crippen LogP contribution in [-0.2, 0) is 6.54 Å². The topological polar surface area (TPSA) is 61.8 Å².